The van der Waals surface area contributed by atoms with Gasteiger partial charge in [0.2, 0.25) is 5.95 Å². The van der Waals surface area contributed by atoms with Gasteiger partial charge in [0, 0.05) is 36.9 Å². The summed E-state index contributed by atoms with van der Waals surface area (Å²) in [6, 6.07) is 10.6. The van der Waals surface area contributed by atoms with Gasteiger partial charge in [0.15, 0.2) is 17.0 Å². The van der Waals surface area contributed by atoms with Crippen molar-refractivity contribution in [2.75, 3.05) is 11.1 Å². The predicted octanol–water partition coefficient (Wildman–Crippen LogP) is 4.58. The Hall–Kier alpha value is -3.59. The molecule has 9 nitrogen and oxygen atoms in total. The van der Waals surface area contributed by atoms with Crippen LogP contribution < -0.4 is 16.8 Å². The second-order valence-electron chi connectivity index (χ2n) is 10.1. The minimum atomic E-state index is 0.269. The Balaban J connectivity index is 1.30. The van der Waals surface area contributed by atoms with Gasteiger partial charge in [-0.15, -0.1) is 0 Å². The van der Waals surface area contributed by atoms with Crippen molar-refractivity contribution in [1.29, 1.82) is 0 Å². The van der Waals surface area contributed by atoms with Crippen LogP contribution >= 0.6 is 0 Å². The highest BCUT2D eigenvalue weighted by atomic mass is 15.2. The summed E-state index contributed by atoms with van der Waals surface area (Å²) < 4.78 is 2.39. The molecule has 0 atom stereocenters. The molecule has 36 heavy (non-hydrogen) atoms. The molecule has 6 rings (SSSR count). The number of imidazole rings is 1. The van der Waals surface area contributed by atoms with Crippen molar-refractivity contribution in [2.45, 2.75) is 75.9 Å². The van der Waals surface area contributed by atoms with Crippen LogP contribution in [-0.2, 0) is 6.54 Å². The molecule has 2 fully saturated rings. The van der Waals surface area contributed by atoms with Gasteiger partial charge >= 0.3 is 0 Å². The maximum absolute atomic E-state index is 6.21. The van der Waals surface area contributed by atoms with Crippen molar-refractivity contribution < 1.29 is 0 Å². The van der Waals surface area contributed by atoms with Crippen LogP contribution in [0.5, 0.6) is 0 Å². The topological polar surface area (TPSA) is 133 Å². The first-order valence-corrected chi connectivity index (χ1v) is 13.1. The van der Waals surface area contributed by atoms with E-state index in [1.54, 1.807) is 6.20 Å². The zero-order chi connectivity index (χ0) is 24.5. The third-order valence-electron chi connectivity index (χ3n) is 7.62. The molecule has 0 radical (unpaired) electrons. The molecule has 0 bridgehead atoms. The van der Waals surface area contributed by atoms with E-state index in [4.69, 9.17) is 21.4 Å². The Labute approximate surface area is 210 Å². The van der Waals surface area contributed by atoms with Crippen molar-refractivity contribution in [3.05, 3.63) is 54.1 Å². The monoisotopic (exact) mass is 483 g/mol. The molecular weight excluding hydrogens is 450 g/mol. The fourth-order valence-corrected chi connectivity index (χ4v) is 5.70. The van der Waals surface area contributed by atoms with Crippen LogP contribution in [0, 0.1) is 0 Å². The lowest BCUT2D eigenvalue weighted by Gasteiger charge is -2.27. The van der Waals surface area contributed by atoms with E-state index in [9.17, 15) is 0 Å². The molecule has 0 aromatic carbocycles. The van der Waals surface area contributed by atoms with E-state index in [1.807, 2.05) is 30.5 Å². The Morgan fingerprint density at radius 2 is 1.69 bits per heavy atom. The summed E-state index contributed by atoms with van der Waals surface area (Å²) in [7, 11) is 0. The minimum absolute atomic E-state index is 0.269. The fraction of sp³-hybridized carbons (Fsp3) is 0.444. The minimum Gasteiger partial charge on any atom is -0.368 e. The summed E-state index contributed by atoms with van der Waals surface area (Å²) in [6.07, 6.45) is 12.7. The summed E-state index contributed by atoms with van der Waals surface area (Å²) in [4.78, 5) is 23.4. The maximum atomic E-state index is 6.21. The molecule has 4 aromatic rings. The Morgan fingerprint density at radius 3 is 2.42 bits per heavy atom. The number of anilines is 2. The van der Waals surface area contributed by atoms with Crippen molar-refractivity contribution in [3.8, 4) is 11.4 Å². The second-order valence-corrected chi connectivity index (χ2v) is 10.1. The van der Waals surface area contributed by atoms with Crippen molar-refractivity contribution in [3.63, 3.8) is 0 Å². The lowest BCUT2D eigenvalue weighted by Crippen LogP contribution is -2.27. The van der Waals surface area contributed by atoms with Gasteiger partial charge in [0.05, 0.1) is 11.4 Å². The summed E-state index contributed by atoms with van der Waals surface area (Å²) in [5.74, 6) is 2.48. The third-order valence-corrected chi connectivity index (χ3v) is 7.62. The van der Waals surface area contributed by atoms with Gasteiger partial charge in [-0.25, -0.2) is 4.98 Å². The van der Waals surface area contributed by atoms with E-state index in [2.05, 4.69) is 30.9 Å². The molecule has 2 aliphatic carbocycles. The molecule has 0 unspecified atom stereocenters. The van der Waals surface area contributed by atoms with E-state index in [1.165, 1.54) is 12.8 Å². The Morgan fingerprint density at radius 1 is 0.889 bits per heavy atom. The van der Waals surface area contributed by atoms with E-state index < -0.39 is 0 Å². The highest BCUT2D eigenvalue weighted by Gasteiger charge is 2.31. The number of hydrogen-bond donors (Lipinski definition) is 3. The van der Waals surface area contributed by atoms with Crippen LogP contribution in [0.1, 0.15) is 74.7 Å². The van der Waals surface area contributed by atoms with Crippen LogP contribution in [0.15, 0.2) is 42.7 Å². The summed E-state index contributed by atoms with van der Waals surface area (Å²) in [5.41, 5.74) is 16.8. The van der Waals surface area contributed by atoms with E-state index in [0.29, 0.717) is 30.4 Å². The molecule has 2 aliphatic rings. The Bertz CT molecular complexity index is 1320. The third kappa shape index (κ3) is 4.51. The quantitative estimate of drug-likeness (QED) is 0.363. The fourth-order valence-electron chi connectivity index (χ4n) is 5.70. The number of nitrogens with zero attached hydrogens (tertiary/aromatic N) is 6. The highest BCUT2D eigenvalue weighted by molar-refractivity contribution is 5.85. The number of rotatable bonds is 6. The van der Waals surface area contributed by atoms with Gasteiger partial charge in [-0.3, -0.25) is 9.97 Å². The number of fused-ring (bicyclic) bond motifs is 1. The van der Waals surface area contributed by atoms with Gasteiger partial charge < -0.3 is 21.4 Å². The molecule has 5 N–H and O–H groups in total. The lowest BCUT2D eigenvalue weighted by molar-refractivity contribution is 0.367. The second kappa shape index (κ2) is 9.81. The molecule has 4 aromatic heterocycles. The molecule has 2 saturated carbocycles. The summed E-state index contributed by atoms with van der Waals surface area (Å²) >= 11 is 0. The molecule has 9 heteroatoms. The van der Waals surface area contributed by atoms with Crippen LogP contribution in [0.2, 0.25) is 0 Å². The first kappa shape index (κ1) is 22.8. The largest absolute Gasteiger partial charge is 0.368 e. The van der Waals surface area contributed by atoms with E-state index in [-0.39, 0.29) is 5.95 Å². The number of pyridine rings is 2. The standard InChI is InChI=1S/C27H33N9/c28-19-11-9-18(10-12-19)25-33-23-24(34-27(29)35-26(23)36(25)20-5-1-2-6-20)32-16-17-8-13-22(31-15-17)21-7-3-4-14-30-21/h3-4,7-8,13-15,18-20H,1-2,5-6,9-12,16,28H2,(H3,29,32,34,35). The first-order valence-electron chi connectivity index (χ1n) is 13.1. The smallest absolute Gasteiger partial charge is 0.224 e. The number of aromatic nitrogens is 6. The maximum Gasteiger partial charge on any atom is 0.224 e. The van der Waals surface area contributed by atoms with Crippen LogP contribution in [0.25, 0.3) is 22.6 Å². The van der Waals surface area contributed by atoms with Gasteiger partial charge in [0.25, 0.3) is 0 Å². The van der Waals surface area contributed by atoms with Gasteiger partial charge in [0.1, 0.15) is 5.82 Å². The zero-order valence-electron chi connectivity index (χ0n) is 20.5. The zero-order valence-corrected chi connectivity index (χ0v) is 20.5. The predicted molar refractivity (Wildman–Crippen MR) is 141 cm³/mol. The Kier molecular flexibility index (Phi) is 6.23. The summed E-state index contributed by atoms with van der Waals surface area (Å²) in [6.45, 7) is 0.560. The normalized spacial score (nSPS) is 20.7. The molecule has 0 aliphatic heterocycles. The number of nitrogens with two attached hydrogens (primary N) is 2. The highest BCUT2D eigenvalue weighted by Crippen LogP contribution is 2.40. The van der Waals surface area contributed by atoms with E-state index >= 15 is 0 Å². The lowest BCUT2D eigenvalue weighted by atomic mass is 9.86. The van der Waals surface area contributed by atoms with Crippen molar-refractivity contribution >= 4 is 22.9 Å². The van der Waals surface area contributed by atoms with Crippen molar-refractivity contribution in [1.82, 2.24) is 29.5 Å². The average molecular weight is 484 g/mol. The van der Waals surface area contributed by atoms with Crippen LogP contribution in [0.4, 0.5) is 11.8 Å². The molecule has 0 amide bonds. The van der Waals surface area contributed by atoms with Crippen LogP contribution in [-0.4, -0.2) is 35.5 Å². The first-order chi connectivity index (χ1) is 17.7. The van der Waals surface area contributed by atoms with E-state index in [0.717, 1.165) is 72.5 Å². The molecule has 186 valence electrons. The number of nitrogens with one attached hydrogen (secondary N) is 1. The number of hydrogen-bond acceptors (Lipinski definition) is 8. The van der Waals surface area contributed by atoms with Gasteiger partial charge in [-0.05, 0) is 62.3 Å². The number of nitrogen functional groups attached to an aromatic ring is 1. The summed E-state index contributed by atoms with van der Waals surface area (Å²) in [5, 5.41) is 3.46. The van der Waals surface area contributed by atoms with Gasteiger partial charge in [-0.2, -0.15) is 9.97 Å². The SMILES string of the molecule is Nc1nc(NCc2ccc(-c3ccccn3)nc2)c2nc(C3CCC(N)CC3)n(C3CCCC3)c2n1. The molecule has 0 saturated heterocycles. The molecule has 0 spiro atoms. The van der Waals surface area contributed by atoms with Crippen molar-refractivity contribution in [2.24, 2.45) is 5.73 Å². The average Bonchev–Trinajstić information content (AvgIpc) is 3.56. The molecular formula is C27H33N9. The van der Waals surface area contributed by atoms with Gasteiger partial charge in [-0.1, -0.05) is 25.0 Å². The van der Waals surface area contributed by atoms with Crippen LogP contribution in [0.3, 0.4) is 0 Å². The molecule has 4 heterocycles.